The van der Waals surface area contributed by atoms with Crippen LogP contribution in [0.25, 0.3) is 11.1 Å². The van der Waals surface area contributed by atoms with Gasteiger partial charge in [-0.05, 0) is 31.4 Å². The van der Waals surface area contributed by atoms with Crippen LogP contribution in [0.5, 0.6) is 0 Å². The average Bonchev–Trinajstić information content (AvgIpc) is 3.29. The van der Waals surface area contributed by atoms with Crippen LogP contribution in [-0.2, 0) is 4.79 Å². The molecule has 0 bridgehead atoms. The molecule has 2 N–H and O–H groups in total. The second kappa shape index (κ2) is 9.89. The van der Waals surface area contributed by atoms with Crippen molar-refractivity contribution in [3.63, 3.8) is 0 Å². The maximum atomic E-state index is 13.5. The number of nitrogens with one attached hydrogen (secondary N) is 2. The SMILES string of the molecule is CCC[C@H](NC(=O)C1(NC(=O)c2cnccn2)CCCCC1)C(=O)c1nc2ccccc2o1. The van der Waals surface area contributed by atoms with Crippen LogP contribution in [-0.4, -0.2) is 44.1 Å². The van der Waals surface area contributed by atoms with Crippen molar-refractivity contribution >= 4 is 28.7 Å². The molecule has 0 aliphatic heterocycles. The third-order valence-electron chi connectivity index (χ3n) is 5.99. The molecule has 4 rings (SSSR count). The molecule has 3 aromatic rings. The van der Waals surface area contributed by atoms with Crippen LogP contribution in [0.3, 0.4) is 0 Å². The molecule has 1 aliphatic rings. The highest BCUT2D eigenvalue weighted by Crippen LogP contribution is 2.29. The third-order valence-corrected chi connectivity index (χ3v) is 5.99. The van der Waals surface area contributed by atoms with Gasteiger partial charge < -0.3 is 15.1 Å². The van der Waals surface area contributed by atoms with E-state index in [2.05, 4.69) is 25.6 Å². The molecule has 0 saturated heterocycles. The summed E-state index contributed by atoms with van der Waals surface area (Å²) in [6.45, 7) is 1.94. The van der Waals surface area contributed by atoms with E-state index in [1.54, 1.807) is 18.2 Å². The van der Waals surface area contributed by atoms with Gasteiger partial charge in [0.2, 0.25) is 11.7 Å². The molecule has 0 unspecified atom stereocenters. The summed E-state index contributed by atoms with van der Waals surface area (Å²) in [5.74, 6) is -1.25. The molecular formula is C24H27N5O4. The first-order valence-electron chi connectivity index (χ1n) is 11.3. The number of hydrogen-bond acceptors (Lipinski definition) is 7. The van der Waals surface area contributed by atoms with Crippen molar-refractivity contribution in [2.75, 3.05) is 0 Å². The zero-order valence-corrected chi connectivity index (χ0v) is 18.5. The maximum Gasteiger partial charge on any atom is 0.272 e. The number of oxazole rings is 1. The van der Waals surface area contributed by atoms with Crippen molar-refractivity contribution in [2.45, 2.75) is 63.5 Å². The van der Waals surface area contributed by atoms with E-state index in [-0.39, 0.29) is 23.3 Å². The van der Waals surface area contributed by atoms with Crippen molar-refractivity contribution in [3.05, 3.63) is 54.4 Å². The summed E-state index contributed by atoms with van der Waals surface area (Å²) in [6.07, 6.45) is 8.93. The Bertz CT molecular complexity index is 1100. The summed E-state index contributed by atoms with van der Waals surface area (Å²) in [6, 6.07) is 6.33. The van der Waals surface area contributed by atoms with Crippen molar-refractivity contribution in [1.29, 1.82) is 0 Å². The molecule has 1 atom stereocenters. The van der Waals surface area contributed by atoms with E-state index in [0.717, 1.165) is 19.3 Å². The first kappa shape index (κ1) is 22.6. The minimum absolute atomic E-state index is 0.0313. The number of amides is 2. The van der Waals surface area contributed by atoms with E-state index in [4.69, 9.17) is 4.42 Å². The number of ketones is 1. The Kier molecular flexibility index (Phi) is 6.76. The lowest BCUT2D eigenvalue weighted by Gasteiger charge is -2.37. The van der Waals surface area contributed by atoms with Crippen molar-refractivity contribution in [3.8, 4) is 0 Å². The minimum Gasteiger partial charge on any atom is -0.434 e. The number of hydrogen-bond donors (Lipinski definition) is 2. The van der Waals surface area contributed by atoms with Gasteiger partial charge in [0, 0.05) is 12.4 Å². The van der Waals surface area contributed by atoms with E-state index in [0.29, 0.717) is 36.8 Å². The Morgan fingerprint density at radius 3 is 2.61 bits per heavy atom. The molecule has 9 heteroatoms. The van der Waals surface area contributed by atoms with Crippen molar-refractivity contribution in [1.82, 2.24) is 25.6 Å². The molecule has 2 amide bonds. The van der Waals surface area contributed by atoms with Gasteiger partial charge >= 0.3 is 0 Å². The Morgan fingerprint density at radius 1 is 1.12 bits per heavy atom. The molecule has 1 fully saturated rings. The van der Waals surface area contributed by atoms with E-state index in [1.807, 2.05) is 13.0 Å². The van der Waals surface area contributed by atoms with Crippen LogP contribution in [0.1, 0.15) is 73.0 Å². The number of benzene rings is 1. The van der Waals surface area contributed by atoms with Gasteiger partial charge in [-0.25, -0.2) is 9.97 Å². The van der Waals surface area contributed by atoms with Gasteiger partial charge in [0.1, 0.15) is 16.7 Å². The van der Waals surface area contributed by atoms with Crippen LogP contribution in [0, 0.1) is 0 Å². The monoisotopic (exact) mass is 449 g/mol. The van der Waals surface area contributed by atoms with Crippen LogP contribution < -0.4 is 10.6 Å². The molecular weight excluding hydrogens is 422 g/mol. The van der Waals surface area contributed by atoms with Gasteiger partial charge in [-0.3, -0.25) is 19.4 Å². The number of Topliss-reactive ketones (excluding diaryl/α,β-unsaturated/α-hetero) is 1. The number of nitrogens with zero attached hydrogens (tertiary/aromatic N) is 3. The third kappa shape index (κ3) is 4.92. The number of aromatic nitrogens is 3. The van der Waals surface area contributed by atoms with Crippen molar-refractivity contribution in [2.24, 2.45) is 0 Å². The lowest BCUT2D eigenvalue weighted by Crippen LogP contribution is -2.62. The quantitative estimate of drug-likeness (QED) is 0.506. The predicted molar refractivity (Wildman–Crippen MR) is 120 cm³/mol. The lowest BCUT2D eigenvalue weighted by atomic mass is 9.80. The molecule has 0 spiro atoms. The highest BCUT2D eigenvalue weighted by Gasteiger charge is 2.43. The first-order valence-corrected chi connectivity index (χ1v) is 11.3. The van der Waals surface area contributed by atoms with Gasteiger partial charge in [0.15, 0.2) is 5.58 Å². The fraction of sp³-hybridized carbons (Fsp3) is 0.417. The van der Waals surface area contributed by atoms with E-state index >= 15 is 0 Å². The molecule has 33 heavy (non-hydrogen) atoms. The molecule has 0 radical (unpaired) electrons. The summed E-state index contributed by atoms with van der Waals surface area (Å²) < 4.78 is 5.63. The molecule has 1 aromatic carbocycles. The van der Waals surface area contributed by atoms with E-state index in [9.17, 15) is 14.4 Å². The summed E-state index contributed by atoms with van der Waals surface area (Å²) in [7, 11) is 0. The zero-order valence-electron chi connectivity index (χ0n) is 18.5. The summed E-state index contributed by atoms with van der Waals surface area (Å²) >= 11 is 0. The summed E-state index contributed by atoms with van der Waals surface area (Å²) in [5.41, 5.74) is 0.133. The normalized spacial score (nSPS) is 16.2. The fourth-order valence-electron chi connectivity index (χ4n) is 4.24. The minimum atomic E-state index is -1.11. The van der Waals surface area contributed by atoms with Crippen LogP contribution in [0.4, 0.5) is 0 Å². The molecule has 2 heterocycles. The number of carbonyl (C=O) groups excluding carboxylic acids is 3. The summed E-state index contributed by atoms with van der Waals surface area (Å²) in [4.78, 5) is 51.8. The van der Waals surface area contributed by atoms with Gasteiger partial charge in [-0.2, -0.15) is 0 Å². The van der Waals surface area contributed by atoms with Crippen LogP contribution >= 0.6 is 0 Å². The maximum absolute atomic E-state index is 13.5. The Hall–Kier alpha value is -3.62. The highest BCUT2D eigenvalue weighted by molar-refractivity contribution is 6.02. The number of rotatable bonds is 8. The topological polar surface area (TPSA) is 127 Å². The summed E-state index contributed by atoms with van der Waals surface area (Å²) in [5, 5.41) is 5.78. The molecule has 1 aliphatic carbocycles. The number of carbonyl (C=O) groups is 3. The Labute approximate surface area is 191 Å². The molecule has 2 aromatic heterocycles. The highest BCUT2D eigenvalue weighted by atomic mass is 16.4. The van der Waals surface area contributed by atoms with Gasteiger partial charge in [0.05, 0.1) is 12.2 Å². The average molecular weight is 450 g/mol. The second-order valence-electron chi connectivity index (χ2n) is 8.35. The number of fused-ring (bicyclic) bond motifs is 1. The number of para-hydroxylation sites is 2. The first-order chi connectivity index (χ1) is 16.0. The van der Waals surface area contributed by atoms with Gasteiger partial charge in [0.25, 0.3) is 11.8 Å². The van der Waals surface area contributed by atoms with Crippen LogP contribution in [0.15, 0.2) is 47.3 Å². The fourth-order valence-corrected chi connectivity index (χ4v) is 4.24. The Balaban J connectivity index is 1.55. The predicted octanol–water partition coefficient (Wildman–Crippen LogP) is 3.22. The van der Waals surface area contributed by atoms with Gasteiger partial charge in [-0.15, -0.1) is 0 Å². The zero-order chi connectivity index (χ0) is 23.3. The lowest BCUT2D eigenvalue weighted by molar-refractivity contribution is -0.129. The smallest absolute Gasteiger partial charge is 0.272 e. The standard InChI is InChI=1S/C24H27N5O4/c1-2-8-17(20(30)22-27-16-9-4-5-10-19(16)33-22)28-23(32)24(11-6-3-7-12-24)29-21(31)18-15-25-13-14-26-18/h4-5,9-10,13-15,17H,2-3,6-8,11-12H2,1H3,(H,28,32)(H,29,31)/t17-/m0/s1. The second-order valence-corrected chi connectivity index (χ2v) is 8.35. The molecule has 9 nitrogen and oxygen atoms in total. The van der Waals surface area contributed by atoms with E-state index < -0.39 is 17.5 Å². The van der Waals surface area contributed by atoms with Gasteiger partial charge in [-0.1, -0.05) is 44.7 Å². The molecule has 1 saturated carbocycles. The van der Waals surface area contributed by atoms with E-state index in [1.165, 1.54) is 18.6 Å². The Morgan fingerprint density at radius 2 is 1.91 bits per heavy atom. The van der Waals surface area contributed by atoms with Crippen molar-refractivity contribution < 1.29 is 18.8 Å². The van der Waals surface area contributed by atoms with Crippen LogP contribution in [0.2, 0.25) is 0 Å². The molecule has 172 valence electrons. The largest absolute Gasteiger partial charge is 0.434 e.